The predicted octanol–water partition coefficient (Wildman–Crippen LogP) is 2.69. The number of halogens is 1. The van der Waals surface area contributed by atoms with Gasteiger partial charge in [0.05, 0.1) is 0 Å². The summed E-state index contributed by atoms with van der Waals surface area (Å²) in [5.41, 5.74) is -0.524. The zero-order chi connectivity index (χ0) is 17.7. The second-order valence-electron chi connectivity index (χ2n) is 5.56. The Morgan fingerprint density at radius 1 is 1.33 bits per heavy atom. The lowest BCUT2D eigenvalue weighted by atomic mass is 9.99. The van der Waals surface area contributed by atoms with Gasteiger partial charge in [0.25, 0.3) is 0 Å². The number of amides is 1. The van der Waals surface area contributed by atoms with Crippen molar-refractivity contribution in [3.63, 3.8) is 0 Å². The van der Waals surface area contributed by atoms with E-state index >= 15 is 0 Å². The van der Waals surface area contributed by atoms with Crippen molar-refractivity contribution in [1.82, 2.24) is 15.5 Å². The third kappa shape index (κ3) is 4.32. The van der Waals surface area contributed by atoms with E-state index in [9.17, 15) is 9.59 Å². The maximum atomic E-state index is 11.9. The Balaban J connectivity index is 1.94. The third-order valence-electron chi connectivity index (χ3n) is 3.73. The van der Waals surface area contributed by atoms with Crippen molar-refractivity contribution >= 4 is 23.5 Å². The van der Waals surface area contributed by atoms with Crippen molar-refractivity contribution in [3.05, 3.63) is 35.2 Å². The first kappa shape index (κ1) is 17.9. The van der Waals surface area contributed by atoms with E-state index in [1.807, 2.05) is 0 Å². The molecule has 1 amide bonds. The Labute approximate surface area is 144 Å². The van der Waals surface area contributed by atoms with Crippen molar-refractivity contribution < 1.29 is 19.2 Å². The van der Waals surface area contributed by atoms with Gasteiger partial charge in [-0.1, -0.05) is 23.7 Å². The molecule has 1 unspecified atom stereocenters. The molecule has 0 saturated heterocycles. The molecule has 0 fully saturated rings. The minimum absolute atomic E-state index is 0.0606. The Hall–Kier alpha value is -2.41. The maximum Gasteiger partial charge on any atom is 0.329 e. The van der Waals surface area contributed by atoms with Gasteiger partial charge in [-0.25, -0.2) is 4.79 Å². The number of aryl methyl sites for hydroxylation is 1. The average Bonchev–Trinajstić information content (AvgIpc) is 3.02. The summed E-state index contributed by atoms with van der Waals surface area (Å²) >= 11 is 5.83. The quantitative estimate of drug-likeness (QED) is 0.794. The van der Waals surface area contributed by atoms with Crippen molar-refractivity contribution in [2.24, 2.45) is 0 Å². The number of carboxylic acids is 1. The number of rotatable bonds is 7. The number of benzene rings is 1. The molecule has 128 valence electrons. The van der Waals surface area contributed by atoms with Crippen molar-refractivity contribution in [3.8, 4) is 11.4 Å². The number of carboxylic acid groups (broad SMARTS) is 1. The van der Waals surface area contributed by atoms with Crippen LogP contribution in [0.3, 0.4) is 0 Å². The highest BCUT2D eigenvalue weighted by molar-refractivity contribution is 6.30. The molecule has 1 aromatic carbocycles. The minimum atomic E-state index is -1.28. The molecule has 1 heterocycles. The number of nitrogens with one attached hydrogen (secondary N) is 1. The molecule has 0 aliphatic rings. The number of hydrogen-bond donors (Lipinski definition) is 2. The van der Waals surface area contributed by atoms with Gasteiger partial charge >= 0.3 is 5.97 Å². The Morgan fingerprint density at radius 2 is 2.00 bits per heavy atom. The molecular formula is C16H18ClN3O4. The number of carbonyl (C=O) groups excluding carboxylic acids is 1. The summed E-state index contributed by atoms with van der Waals surface area (Å²) in [5, 5.41) is 16.1. The van der Waals surface area contributed by atoms with Crippen LogP contribution in [0, 0.1) is 0 Å². The molecule has 0 aliphatic heterocycles. The highest BCUT2D eigenvalue weighted by Crippen LogP contribution is 2.19. The lowest BCUT2D eigenvalue weighted by Crippen LogP contribution is -2.51. The number of aromatic nitrogens is 2. The van der Waals surface area contributed by atoms with E-state index in [-0.39, 0.29) is 25.2 Å². The second kappa shape index (κ2) is 7.44. The van der Waals surface area contributed by atoms with Crippen LogP contribution >= 0.6 is 11.6 Å². The van der Waals surface area contributed by atoms with E-state index in [1.54, 1.807) is 31.2 Å². The zero-order valence-corrected chi connectivity index (χ0v) is 14.1. The van der Waals surface area contributed by atoms with E-state index in [1.165, 1.54) is 6.92 Å². The molecule has 8 heteroatoms. The van der Waals surface area contributed by atoms with Gasteiger partial charge in [0.2, 0.25) is 17.6 Å². The van der Waals surface area contributed by atoms with Gasteiger partial charge in [0, 0.05) is 23.4 Å². The topological polar surface area (TPSA) is 105 Å². The van der Waals surface area contributed by atoms with Crippen molar-refractivity contribution in [1.29, 1.82) is 0 Å². The lowest BCUT2D eigenvalue weighted by Gasteiger charge is -2.24. The molecule has 0 saturated carbocycles. The van der Waals surface area contributed by atoms with E-state index < -0.39 is 11.5 Å². The first-order chi connectivity index (χ1) is 11.3. The lowest BCUT2D eigenvalue weighted by molar-refractivity contribution is -0.147. The highest BCUT2D eigenvalue weighted by atomic mass is 35.5. The van der Waals surface area contributed by atoms with E-state index in [0.29, 0.717) is 16.7 Å². The molecule has 24 heavy (non-hydrogen) atoms. The van der Waals surface area contributed by atoms with Gasteiger partial charge < -0.3 is 14.9 Å². The molecule has 2 aromatic rings. The van der Waals surface area contributed by atoms with Crippen LogP contribution in [0.2, 0.25) is 5.02 Å². The van der Waals surface area contributed by atoms with Crippen molar-refractivity contribution in [2.75, 3.05) is 0 Å². The van der Waals surface area contributed by atoms with Crippen LogP contribution in [0.5, 0.6) is 0 Å². The summed E-state index contributed by atoms with van der Waals surface area (Å²) in [7, 11) is 0. The number of carbonyl (C=O) groups is 2. The molecule has 0 spiro atoms. The van der Waals surface area contributed by atoms with E-state index in [4.69, 9.17) is 21.2 Å². The predicted molar refractivity (Wildman–Crippen MR) is 87.5 cm³/mol. The first-order valence-electron chi connectivity index (χ1n) is 7.47. The van der Waals surface area contributed by atoms with Crippen LogP contribution in [-0.4, -0.2) is 32.7 Å². The fourth-order valence-corrected chi connectivity index (χ4v) is 2.08. The Morgan fingerprint density at radius 3 is 2.58 bits per heavy atom. The summed E-state index contributed by atoms with van der Waals surface area (Å²) in [6, 6.07) is 6.97. The summed E-state index contributed by atoms with van der Waals surface area (Å²) < 4.78 is 5.11. The first-order valence-corrected chi connectivity index (χ1v) is 7.85. The fourth-order valence-electron chi connectivity index (χ4n) is 1.96. The average molecular weight is 352 g/mol. The van der Waals surface area contributed by atoms with Crippen LogP contribution in [0.15, 0.2) is 28.8 Å². The minimum Gasteiger partial charge on any atom is -0.480 e. The SMILES string of the molecule is CCC(C)(NC(=O)CCc1nc(-c2ccc(Cl)cc2)no1)C(=O)O. The zero-order valence-electron chi connectivity index (χ0n) is 13.4. The number of aliphatic carboxylic acids is 1. The van der Waals surface area contributed by atoms with Gasteiger partial charge in [0.15, 0.2) is 0 Å². The van der Waals surface area contributed by atoms with Crippen LogP contribution in [0.25, 0.3) is 11.4 Å². The third-order valence-corrected chi connectivity index (χ3v) is 3.98. The number of nitrogens with zero attached hydrogens (tertiary/aromatic N) is 2. The summed E-state index contributed by atoms with van der Waals surface area (Å²) in [6.07, 6.45) is 0.576. The molecule has 0 radical (unpaired) electrons. The molecular weight excluding hydrogens is 334 g/mol. The summed E-state index contributed by atoms with van der Waals surface area (Å²) in [6.45, 7) is 3.17. The largest absolute Gasteiger partial charge is 0.480 e. The van der Waals surface area contributed by atoms with Gasteiger partial charge in [-0.05, 0) is 37.6 Å². The highest BCUT2D eigenvalue weighted by Gasteiger charge is 2.32. The Kier molecular flexibility index (Phi) is 5.56. The number of hydrogen-bond acceptors (Lipinski definition) is 5. The fraction of sp³-hybridized carbons (Fsp3) is 0.375. The van der Waals surface area contributed by atoms with Gasteiger partial charge in [-0.3, -0.25) is 4.79 Å². The monoisotopic (exact) mass is 351 g/mol. The molecule has 2 N–H and O–H groups in total. The van der Waals surface area contributed by atoms with Gasteiger partial charge in [0.1, 0.15) is 5.54 Å². The van der Waals surface area contributed by atoms with Crippen LogP contribution in [0.1, 0.15) is 32.6 Å². The van der Waals surface area contributed by atoms with Crippen LogP contribution in [-0.2, 0) is 16.0 Å². The Bertz CT molecular complexity index is 729. The van der Waals surface area contributed by atoms with E-state index in [2.05, 4.69) is 15.5 Å². The molecule has 0 bridgehead atoms. The normalized spacial score (nSPS) is 13.3. The van der Waals surface area contributed by atoms with Gasteiger partial charge in [-0.2, -0.15) is 4.98 Å². The van der Waals surface area contributed by atoms with E-state index in [0.717, 1.165) is 5.56 Å². The summed E-state index contributed by atoms with van der Waals surface area (Å²) in [5.74, 6) is -0.733. The smallest absolute Gasteiger partial charge is 0.329 e. The standard InChI is InChI=1S/C16H18ClN3O4/c1-3-16(2,15(22)23)19-12(21)8-9-13-18-14(20-24-13)10-4-6-11(17)7-5-10/h4-7H,3,8-9H2,1-2H3,(H,19,21)(H,22,23). The van der Waals surface area contributed by atoms with Crippen molar-refractivity contribution in [2.45, 2.75) is 38.6 Å². The molecule has 2 rings (SSSR count). The second-order valence-corrected chi connectivity index (χ2v) is 5.99. The van der Waals surface area contributed by atoms with Crippen LogP contribution in [0.4, 0.5) is 0 Å². The molecule has 1 aromatic heterocycles. The maximum absolute atomic E-state index is 11.9. The van der Waals surface area contributed by atoms with Gasteiger partial charge in [-0.15, -0.1) is 0 Å². The molecule has 1 atom stereocenters. The molecule has 7 nitrogen and oxygen atoms in total. The summed E-state index contributed by atoms with van der Waals surface area (Å²) in [4.78, 5) is 27.3. The molecule has 0 aliphatic carbocycles. The van der Waals surface area contributed by atoms with Crippen LogP contribution < -0.4 is 5.32 Å².